The van der Waals surface area contributed by atoms with E-state index in [1.165, 1.54) is 0 Å². The van der Waals surface area contributed by atoms with Crippen molar-refractivity contribution < 1.29 is 4.79 Å². The molecule has 0 saturated carbocycles. The molecule has 6 heteroatoms. The summed E-state index contributed by atoms with van der Waals surface area (Å²) in [7, 11) is 3.69. The first-order chi connectivity index (χ1) is 8.99. The molecule has 0 radical (unpaired) electrons. The van der Waals surface area contributed by atoms with Crippen LogP contribution in [0.1, 0.15) is 22.6 Å². The normalized spacial score (nSPS) is 10.7. The number of carbonyl (C=O) groups excluding carboxylic acids is 1. The first-order valence-electron chi connectivity index (χ1n) is 6.20. The first-order valence-corrected chi connectivity index (χ1v) is 6.20. The summed E-state index contributed by atoms with van der Waals surface area (Å²) in [5, 5.41) is 11.1. The molecule has 0 aliphatic carbocycles. The van der Waals surface area contributed by atoms with Crippen molar-refractivity contribution in [3.8, 4) is 0 Å². The van der Waals surface area contributed by atoms with Crippen molar-refractivity contribution in [3.05, 3.63) is 34.9 Å². The van der Waals surface area contributed by atoms with E-state index >= 15 is 0 Å². The van der Waals surface area contributed by atoms with Crippen molar-refractivity contribution in [1.29, 1.82) is 0 Å². The molecular formula is C13H19N5O. The number of rotatable bonds is 4. The molecule has 1 N–H and O–H groups in total. The van der Waals surface area contributed by atoms with Crippen LogP contribution < -0.4 is 0 Å². The van der Waals surface area contributed by atoms with E-state index in [2.05, 4.69) is 15.3 Å². The maximum Gasteiger partial charge on any atom is 0.227 e. The molecule has 2 rings (SSSR count). The highest BCUT2D eigenvalue weighted by Crippen LogP contribution is 2.14. The van der Waals surface area contributed by atoms with Gasteiger partial charge in [-0.15, -0.1) is 0 Å². The summed E-state index contributed by atoms with van der Waals surface area (Å²) in [5.41, 5.74) is 3.91. The number of nitrogens with zero attached hydrogens (tertiary/aromatic N) is 4. The second-order valence-electron chi connectivity index (χ2n) is 4.78. The molecule has 0 atom stereocenters. The van der Waals surface area contributed by atoms with Gasteiger partial charge in [0.15, 0.2) is 0 Å². The van der Waals surface area contributed by atoms with E-state index < -0.39 is 0 Å². The lowest BCUT2D eigenvalue weighted by Gasteiger charge is -2.16. The number of hydrogen-bond acceptors (Lipinski definition) is 3. The fourth-order valence-electron chi connectivity index (χ4n) is 2.08. The zero-order valence-corrected chi connectivity index (χ0v) is 11.8. The Kier molecular flexibility index (Phi) is 3.69. The van der Waals surface area contributed by atoms with Gasteiger partial charge in [-0.05, 0) is 19.9 Å². The molecule has 0 aliphatic heterocycles. The van der Waals surface area contributed by atoms with Gasteiger partial charge in [-0.3, -0.25) is 14.6 Å². The lowest BCUT2D eigenvalue weighted by Crippen LogP contribution is -2.28. The quantitative estimate of drug-likeness (QED) is 0.891. The number of H-pyrrole nitrogens is 1. The van der Waals surface area contributed by atoms with Gasteiger partial charge in [-0.25, -0.2) is 0 Å². The number of carbonyl (C=O) groups is 1. The molecule has 0 unspecified atom stereocenters. The minimum atomic E-state index is 0.0776. The maximum atomic E-state index is 12.2. The highest BCUT2D eigenvalue weighted by atomic mass is 16.2. The van der Waals surface area contributed by atoms with E-state index in [0.29, 0.717) is 13.0 Å². The Labute approximate surface area is 112 Å². The van der Waals surface area contributed by atoms with Crippen LogP contribution in [0.15, 0.2) is 12.3 Å². The lowest BCUT2D eigenvalue weighted by molar-refractivity contribution is -0.129. The number of amides is 1. The van der Waals surface area contributed by atoms with E-state index in [0.717, 1.165) is 22.6 Å². The van der Waals surface area contributed by atoms with Crippen molar-refractivity contribution in [2.75, 3.05) is 7.05 Å². The van der Waals surface area contributed by atoms with Gasteiger partial charge in [-0.2, -0.15) is 10.2 Å². The summed E-state index contributed by atoms with van der Waals surface area (Å²) in [4.78, 5) is 13.9. The standard InChI is InChI=1S/C13H19N5O/c1-9-12(10(2)18(4)16-9)7-13(19)17(3)8-11-5-6-14-15-11/h5-6H,7-8H2,1-4H3,(H,14,15). The Morgan fingerprint density at radius 2 is 2.21 bits per heavy atom. The van der Waals surface area contributed by atoms with Crippen LogP contribution >= 0.6 is 0 Å². The largest absolute Gasteiger partial charge is 0.340 e. The number of aromatic amines is 1. The SMILES string of the molecule is Cc1nn(C)c(C)c1CC(=O)N(C)Cc1ccn[nH]1. The molecular weight excluding hydrogens is 242 g/mol. The number of likely N-dealkylation sites (N-methyl/N-ethyl adjacent to an activating group) is 1. The predicted octanol–water partition coefficient (Wildman–Crippen LogP) is 0.961. The van der Waals surface area contributed by atoms with Gasteiger partial charge in [-0.1, -0.05) is 0 Å². The molecule has 0 aromatic carbocycles. The zero-order chi connectivity index (χ0) is 14.0. The third-order valence-electron chi connectivity index (χ3n) is 3.38. The second-order valence-corrected chi connectivity index (χ2v) is 4.78. The monoisotopic (exact) mass is 261 g/mol. The van der Waals surface area contributed by atoms with Crippen LogP contribution in [-0.2, 0) is 24.8 Å². The Hall–Kier alpha value is -2.11. The molecule has 0 fully saturated rings. The fourth-order valence-corrected chi connectivity index (χ4v) is 2.08. The van der Waals surface area contributed by atoms with Crippen LogP contribution in [-0.4, -0.2) is 37.8 Å². The minimum absolute atomic E-state index is 0.0776. The van der Waals surface area contributed by atoms with E-state index in [1.54, 1.807) is 18.1 Å². The third kappa shape index (κ3) is 2.83. The Morgan fingerprint density at radius 1 is 1.47 bits per heavy atom. The Morgan fingerprint density at radius 3 is 2.74 bits per heavy atom. The van der Waals surface area contributed by atoms with Crippen LogP contribution in [0.25, 0.3) is 0 Å². The number of nitrogens with one attached hydrogen (secondary N) is 1. The fraction of sp³-hybridized carbons (Fsp3) is 0.462. The molecule has 2 heterocycles. The maximum absolute atomic E-state index is 12.2. The summed E-state index contributed by atoms with van der Waals surface area (Å²) in [6, 6.07) is 1.87. The zero-order valence-electron chi connectivity index (χ0n) is 11.8. The van der Waals surface area contributed by atoms with Gasteiger partial charge in [0.2, 0.25) is 5.91 Å². The molecule has 1 amide bonds. The van der Waals surface area contributed by atoms with Crippen molar-refractivity contribution >= 4 is 5.91 Å². The van der Waals surface area contributed by atoms with Crippen LogP contribution in [0.5, 0.6) is 0 Å². The topological polar surface area (TPSA) is 66.8 Å². The summed E-state index contributed by atoms with van der Waals surface area (Å²) in [6.45, 7) is 4.46. The van der Waals surface area contributed by atoms with E-state index in [4.69, 9.17) is 0 Å². The summed E-state index contributed by atoms with van der Waals surface area (Å²) < 4.78 is 1.81. The summed E-state index contributed by atoms with van der Waals surface area (Å²) >= 11 is 0. The Bertz CT molecular complexity index is 570. The average molecular weight is 261 g/mol. The van der Waals surface area contributed by atoms with Crippen molar-refractivity contribution in [2.45, 2.75) is 26.8 Å². The van der Waals surface area contributed by atoms with Gasteiger partial charge >= 0.3 is 0 Å². The Balaban J connectivity index is 2.04. The minimum Gasteiger partial charge on any atom is -0.340 e. The van der Waals surface area contributed by atoms with Gasteiger partial charge < -0.3 is 4.90 Å². The average Bonchev–Trinajstić information content (AvgIpc) is 2.94. The number of aryl methyl sites for hydroxylation is 2. The van der Waals surface area contributed by atoms with Crippen LogP contribution in [0, 0.1) is 13.8 Å². The van der Waals surface area contributed by atoms with Crippen LogP contribution in [0.4, 0.5) is 0 Å². The molecule has 2 aromatic rings. The van der Waals surface area contributed by atoms with Crippen molar-refractivity contribution in [1.82, 2.24) is 24.9 Å². The highest BCUT2D eigenvalue weighted by molar-refractivity contribution is 5.79. The van der Waals surface area contributed by atoms with Crippen LogP contribution in [0.2, 0.25) is 0 Å². The molecule has 0 saturated heterocycles. The highest BCUT2D eigenvalue weighted by Gasteiger charge is 2.16. The van der Waals surface area contributed by atoms with Crippen molar-refractivity contribution in [3.63, 3.8) is 0 Å². The second kappa shape index (κ2) is 5.26. The van der Waals surface area contributed by atoms with Gasteiger partial charge in [0.1, 0.15) is 0 Å². The third-order valence-corrected chi connectivity index (χ3v) is 3.38. The molecule has 102 valence electrons. The van der Waals surface area contributed by atoms with E-state index in [1.807, 2.05) is 31.6 Å². The first kappa shape index (κ1) is 13.3. The molecule has 19 heavy (non-hydrogen) atoms. The van der Waals surface area contributed by atoms with Crippen LogP contribution in [0.3, 0.4) is 0 Å². The van der Waals surface area contributed by atoms with E-state index in [9.17, 15) is 4.79 Å². The number of hydrogen-bond donors (Lipinski definition) is 1. The molecule has 0 bridgehead atoms. The number of aromatic nitrogens is 4. The smallest absolute Gasteiger partial charge is 0.227 e. The van der Waals surface area contributed by atoms with Crippen molar-refractivity contribution in [2.24, 2.45) is 7.05 Å². The molecule has 0 aliphatic rings. The van der Waals surface area contributed by atoms with Gasteiger partial charge in [0.25, 0.3) is 0 Å². The molecule has 2 aromatic heterocycles. The van der Waals surface area contributed by atoms with Gasteiger partial charge in [0.05, 0.1) is 24.4 Å². The summed E-state index contributed by atoms with van der Waals surface area (Å²) in [6.07, 6.45) is 2.07. The molecule has 6 nitrogen and oxygen atoms in total. The van der Waals surface area contributed by atoms with Gasteiger partial charge in [0, 0.05) is 31.5 Å². The molecule has 0 spiro atoms. The summed E-state index contributed by atoms with van der Waals surface area (Å²) in [5.74, 6) is 0.0776. The lowest BCUT2D eigenvalue weighted by atomic mass is 10.1. The van der Waals surface area contributed by atoms with E-state index in [-0.39, 0.29) is 5.91 Å². The predicted molar refractivity (Wildman–Crippen MR) is 71.4 cm³/mol.